The second-order valence-corrected chi connectivity index (χ2v) is 4.12. The van der Waals surface area contributed by atoms with Gasteiger partial charge in [-0.2, -0.15) is 0 Å². The van der Waals surface area contributed by atoms with Crippen LogP contribution in [0, 0.1) is 10.1 Å². The molecule has 2 N–H and O–H groups in total. The van der Waals surface area contributed by atoms with Gasteiger partial charge >= 0.3 is 0 Å². The van der Waals surface area contributed by atoms with Crippen LogP contribution in [0.25, 0.3) is 10.4 Å². The molecule has 0 saturated carbocycles. The number of anilines is 1. The molecule has 0 aliphatic rings. The molecule has 0 atom stereocenters. The molecule has 0 aliphatic heterocycles. The topological polar surface area (TPSA) is 69.2 Å². The number of nitrogens with zero attached hydrogens (tertiary/aromatic N) is 1. The van der Waals surface area contributed by atoms with E-state index in [0.29, 0.717) is 0 Å². The average molecular weight is 220 g/mol. The Bertz CT molecular complexity index is 490. The van der Waals surface area contributed by atoms with Gasteiger partial charge in [0.05, 0.1) is 9.92 Å². The van der Waals surface area contributed by atoms with Crippen LogP contribution < -0.4 is 5.73 Å². The smallest absolute Gasteiger partial charge is 0.269 e. The zero-order valence-corrected chi connectivity index (χ0v) is 8.53. The molecule has 76 valence electrons. The van der Waals surface area contributed by atoms with Crippen molar-refractivity contribution < 1.29 is 4.92 Å². The van der Waals surface area contributed by atoms with E-state index in [0.717, 1.165) is 15.4 Å². The highest BCUT2D eigenvalue weighted by molar-refractivity contribution is 7.19. The van der Waals surface area contributed by atoms with Gasteiger partial charge in [0, 0.05) is 17.0 Å². The van der Waals surface area contributed by atoms with Gasteiger partial charge in [-0.1, -0.05) is 0 Å². The minimum Gasteiger partial charge on any atom is -0.391 e. The number of thiophene rings is 1. The summed E-state index contributed by atoms with van der Waals surface area (Å²) in [6.45, 7) is 0. The van der Waals surface area contributed by atoms with Crippen LogP contribution in [0.5, 0.6) is 0 Å². The van der Waals surface area contributed by atoms with Gasteiger partial charge in [0.1, 0.15) is 0 Å². The second-order valence-electron chi connectivity index (χ2n) is 3.01. The Kier molecular flexibility index (Phi) is 2.39. The summed E-state index contributed by atoms with van der Waals surface area (Å²) in [5.74, 6) is 0. The molecule has 4 nitrogen and oxygen atoms in total. The summed E-state index contributed by atoms with van der Waals surface area (Å²) < 4.78 is 0. The molecule has 1 aromatic heterocycles. The highest BCUT2D eigenvalue weighted by Gasteiger charge is 2.06. The zero-order valence-electron chi connectivity index (χ0n) is 7.71. The average Bonchev–Trinajstić information content (AvgIpc) is 2.65. The summed E-state index contributed by atoms with van der Waals surface area (Å²) >= 11 is 1.46. The summed E-state index contributed by atoms with van der Waals surface area (Å²) in [5.41, 5.74) is 6.65. The van der Waals surface area contributed by atoms with Crippen molar-refractivity contribution >= 4 is 22.0 Å². The van der Waals surface area contributed by atoms with E-state index in [1.165, 1.54) is 23.5 Å². The molecule has 0 bridgehead atoms. The van der Waals surface area contributed by atoms with Crippen LogP contribution in [0.15, 0.2) is 36.4 Å². The standard InChI is InChI=1S/C10H8N2O2S/c11-10-6-5-9(15-10)7-1-3-8(4-2-7)12(13)14/h1-6H,11H2. The molecular weight excluding hydrogens is 212 g/mol. The van der Waals surface area contributed by atoms with E-state index >= 15 is 0 Å². The van der Waals surface area contributed by atoms with Crippen LogP contribution >= 0.6 is 11.3 Å². The van der Waals surface area contributed by atoms with E-state index in [2.05, 4.69) is 0 Å². The lowest BCUT2D eigenvalue weighted by Crippen LogP contribution is -1.86. The van der Waals surface area contributed by atoms with Gasteiger partial charge in [0.25, 0.3) is 5.69 Å². The molecule has 2 aromatic rings. The van der Waals surface area contributed by atoms with Crippen LogP contribution in [0.2, 0.25) is 0 Å². The predicted molar refractivity (Wildman–Crippen MR) is 60.8 cm³/mol. The maximum absolute atomic E-state index is 10.4. The SMILES string of the molecule is Nc1ccc(-c2ccc([N+](=O)[O-])cc2)s1. The zero-order chi connectivity index (χ0) is 10.8. The molecule has 1 aromatic carbocycles. The summed E-state index contributed by atoms with van der Waals surface area (Å²) in [6, 6.07) is 10.2. The van der Waals surface area contributed by atoms with Crippen LogP contribution in [0.1, 0.15) is 0 Å². The van der Waals surface area contributed by atoms with Gasteiger partial charge in [-0.05, 0) is 29.8 Å². The minimum absolute atomic E-state index is 0.100. The van der Waals surface area contributed by atoms with Gasteiger partial charge < -0.3 is 5.73 Å². The molecule has 0 unspecified atom stereocenters. The Morgan fingerprint density at radius 2 is 1.80 bits per heavy atom. The molecule has 0 radical (unpaired) electrons. The number of rotatable bonds is 2. The maximum Gasteiger partial charge on any atom is 0.269 e. The third-order valence-corrected chi connectivity index (χ3v) is 2.95. The first-order valence-corrected chi connectivity index (χ1v) is 5.08. The van der Waals surface area contributed by atoms with Crippen LogP contribution in [-0.2, 0) is 0 Å². The van der Waals surface area contributed by atoms with E-state index in [9.17, 15) is 10.1 Å². The molecule has 0 spiro atoms. The Morgan fingerprint density at radius 1 is 1.13 bits per heavy atom. The van der Waals surface area contributed by atoms with Gasteiger partial charge in [-0.3, -0.25) is 10.1 Å². The van der Waals surface area contributed by atoms with Gasteiger partial charge in [0.2, 0.25) is 0 Å². The molecule has 0 amide bonds. The van der Waals surface area contributed by atoms with Crippen molar-refractivity contribution in [1.29, 1.82) is 0 Å². The van der Waals surface area contributed by atoms with E-state index in [1.54, 1.807) is 12.1 Å². The Hall–Kier alpha value is -1.88. The Balaban J connectivity index is 2.35. The van der Waals surface area contributed by atoms with Crippen molar-refractivity contribution in [3.8, 4) is 10.4 Å². The van der Waals surface area contributed by atoms with Gasteiger partial charge in [-0.25, -0.2) is 0 Å². The normalized spacial score (nSPS) is 10.1. The highest BCUT2D eigenvalue weighted by Crippen LogP contribution is 2.30. The van der Waals surface area contributed by atoms with Crippen molar-refractivity contribution in [2.45, 2.75) is 0 Å². The first-order valence-electron chi connectivity index (χ1n) is 4.27. The van der Waals surface area contributed by atoms with Crippen LogP contribution in [0.3, 0.4) is 0 Å². The first kappa shape index (κ1) is 9.67. The third kappa shape index (κ3) is 1.97. The van der Waals surface area contributed by atoms with Crippen molar-refractivity contribution in [3.63, 3.8) is 0 Å². The summed E-state index contributed by atoms with van der Waals surface area (Å²) in [7, 11) is 0. The number of non-ortho nitro benzene ring substituents is 1. The predicted octanol–water partition coefficient (Wildman–Crippen LogP) is 2.91. The van der Waals surface area contributed by atoms with Crippen LogP contribution in [-0.4, -0.2) is 4.92 Å². The van der Waals surface area contributed by atoms with Gasteiger partial charge in [-0.15, -0.1) is 11.3 Å². The van der Waals surface area contributed by atoms with E-state index in [4.69, 9.17) is 5.73 Å². The van der Waals surface area contributed by atoms with Crippen molar-refractivity contribution in [3.05, 3.63) is 46.5 Å². The molecule has 5 heteroatoms. The number of nitro groups is 1. The number of hydrogen-bond acceptors (Lipinski definition) is 4. The Morgan fingerprint density at radius 3 is 2.27 bits per heavy atom. The number of hydrogen-bond donors (Lipinski definition) is 1. The molecule has 15 heavy (non-hydrogen) atoms. The molecule has 0 fully saturated rings. The summed E-state index contributed by atoms with van der Waals surface area (Å²) in [5, 5.41) is 11.2. The second kappa shape index (κ2) is 3.70. The summed E-state index contributed by atoms with van der Waals surface area (Å²) in [6.07, 6.45) is 0. The quantitative estimate of drug-likeness (QED) is 0.625. The number of benzene rings is 1. The van der Waals surface area contributed by atoms with E-state index in [-0.39, 0.29) is 5.69 Å². The summed E-state index contributed by atoms with van der Waals surface area (Å²) in [4.78, 5) is 11.0. The minimum atomic E-state index is -0.410. The third-order valence-electron chi connectivity index (χ3n) is 1.99. The molecule has 1 heterocycles. The van der Waals surface area contributed by atoms with Crippen molar-refractivity contribution in [2.24, 2.45) is 0 Å². The monoisotopic (exact) mass is 220 g/mol. The molecular formula is C10H8N2O2S. The number of nitrogen functional groups attached to an aromatic ring is 1. The van der Waals surface area contributed by atoms with Crippen molar-refractivity contribution in [2.75, 3.05) is 5.73 Å². The number of nitrogens with two attached hydrogens (primary N) is 1. The van der Waals surface area contributed by atoms with Gasteiger partial charge in [0.15, 0.2) is 0 Å². The highest BCUT2D eigenvalue weighted by atomic mass is 32.1. The maximum atomic E-state index is 10.4. The fraction of sp³-hybridized carbons (Fsp3) is 0. The lowest BCUT2D eigenvalue weighted by atomic mass is 10.2. The van der Waals surface area contributed by atoms with Crippen molar-refractivity contribution in [1.82, 2.24) is 0 Å². The van der Waals surface area contributed by atoms with E-state index < -0.39 is 4.92 Å². The van der Waals surface area contributed by atoms with E-state index in [1.807, 2.05) is 12.1 Å². The molecule has 0 saturated heterocycles. The molecule has 2 rings (SSSR count). The Labute approximate surface area is 90.1 Å². The lowest BCUT2D eigenvalue weighted by molar-refractivity contribution is -0.384. The fourth-order valence-electron chi connectivity index (χ4n) is 1.26. The fourth-order valence-corrected chi connectivity index (χ4v) is 2.04. The lowest BCUT2D eigenvalue weighted by Gasteiger charge is -1.96. The molecule has 0 aliphatic carbocycles. The first-order chi connectivity index (χ1) is 7.16. The number of nitro benzene ring substituents is 1. The largest absolute Gasteiger partial charge is 0.391 e. The van der Waals surface area contributed by atoms with Crippen LogP contribution in [0.4, 0.5) is 10.7 Å².